The van der Waals surface area contributed by atoms with Crippen LogP contribution in [0.5, 0.6) is 0 Å². The number of nitrogens with one attached hydrogen (secondary N) is 1. The summed E-state index contributed by atoms with van der Waals surface area (Å²) in [5, 5.41) is 2.89. The van der Waals surface area contributed by atoms with E-state index in [-0.39, 0.29) is 17.2 Å². The number of nitrogens with zero attached hydrogens (tertiary/aromatic N) is 1. The summed E-state index contributed by atoms with van der Waals surface area (Å²) >= 11 is 6.30. The number of carbonyl (C=O) groups is 1. The van der Waals surface area contributed by atoms with Crippen molar-refractivity contribution in [1.29, 1.82) is 0 Å². The molecule has 2 aromatic carbocycles. The fourth-order valence-electron chi connectivity index (χ4n) is 3.36. The van der Waals surface area contributed by atoms with Crippen LogP contribution in [0.25, 0.3) is 11.1 Å². The smallest absolute Gasteiger partial charge is 0.345 e. The highest BCUT2D eigenvalue weighted by atomic mass is 35.5. The van der Waals surface area contributed by atoms with E-state index in [1.165, 1.54) is 18.5 Å². The molecular formula is C24H19ClF6N2O. The zero-order valence-corrected chi connectivity index (χ0v) is 18.7. The van der Waals surface area contributed by atoms with Gasteiger partial charge in [-0.25, -0.2) is 0 Å². The Bertz CT molecular complexity index is 1160. The van der Waals surface area contributed by atoms with Gasteiger partial charge in [0.15, 0.2) is 0 Å². The molecule has 180 valence electrons. The maximum atomic E-state index is 13.5. The summed E-state index contributed by atoms with van der Waals surface area (Å²) in [5.74, 6) is -1.14. The summed E-state index contributed by atoms with van der Waals surface area (Å²) < 4.78 is 81.0. The van der Waals surface area contributed by atoms with Gasteiger partial charge in [0.2, 0.25) is 5.91 Å². The van der Waals surface area contributed by atoms with Crippen LogP contribution in [0.2, 0.25) is 5.02 Å². The highest BCUT2D eigenvalue weighted by molar-refractivity contribution is 6.33. The highest BCUT2D eigenvalue weighted by Gasteiger charge is 2.38. The normalized spacial score (nSPS) is 13.1. The zero-order valence-electron chi connectivity index (χ0n) is 17.9. The Kier molecular flexibility index (Phi) is 7.26. The van der Waals surface area contributed by atoms with Gasteiger partial charge in [-0.3, -0.25) is 9.78 Å². The minimum Gasteiger partial charge on any atom is -0.345 e. The SMILES string of the molecule is CC(C)C(=O)NC(c1cc(C(F)(F)F)cc(C(F)(F)F)c1)c1ccncc1-c1ccccc1Cl. The minimum atomic E-state index is -5.04. The summed E-state index contributed by atoms with van der Waals surface area (Å²) in [7, 11) is 0. The van der Waals surface area contributed by atoms with E-state index in [4.69, 9.17) is 11.6 Å². The molecule has 34 heavy (non-hydrogen) atoms. The molecule has 1 aromatic heterocycles. The monoisotopic (exact) mass is 500 g/mol. The maximum absolute atomic E-state index is 13.5. The number of rotatable bonds is 5. The number of hydrogen-bond donors (Lipinski definition) is 1. The van der Waals surface area contributed by atoms with Crippen LogP contribution < -0.4 is 5.32 Å². The first-order valence-corrected chi connectivity index (χ1v) is 10.5. The predicted molar refractivity (Wildman–Crippen MR) is 116 cm³/mol. The highest BCUT2D eigenvalue weighted by Crippen LogP contribution is 2.40. The summed E-state index contributed by atoms with van der Waals surface area (Å²) in [5.41, 5.74) is -2.28. The lowest BCUT2D eigenvalue weighted by atomic mass is 9.90. The molecule has 1 atom stereocenters. The minimum absolute atomic E-state index is 0.0480. The maximum Gasteiger partial charge on any atom is 0.416 e. The molecule has 0 aliphatic rings. The summed E-state index contributed by atoms with van der Waals surface area (Å²) in [6.45, 7) is 3.11. The number of amides is 1. The molecule has 3 rings (SSSR count). The van der Waals surface area contributed by atoms with Crippen LogP contribution in [-0.2, 0) is 17.1 Å². The second-order valence-corrected chi connectivity index (χ2v) is 8.29. The summed E-state index contributed by atoms with van der Waals surface area (Å²) in [6, 6.07) is 7.92. The number of halogens is 7. The third-order valence-corrected chi connectivity index (χ3v) is 5.41. The van der Waals surface area contributed by atoms with Gasteiger partial charge >= 0.3 is 12.4 Å². The van der Waals surface area contributed by atoms with Crippen molar-refractivity contribution in [2.24, 2.45) is 5.92 Å². The Hall–Kier alpha value is -3.07. The van der Waals surface area contributed by atoms with E-state index in [0.29, 0.717) is 28.3 Å². The number of aromatic nitrogens is 1. The lowest BCUT2D eigenvalue weighted by Crippen LogP contribution is -2.33. The summed E-state index contributed by atoms with van der Waals surface area (Å²) in [4.78, 5) is 16.6. The molecule has 0 aliphatic heterocycles. The predicted octanol–water partition coefficient (Wildman–Crippen LogP) is 7.30. The van der Waals surface area contributed by atoms with Crippen molar-refractivity contribution >= 4 is 17.5 Å². The molecule has 0 saturated heterocycles. The first kappa shape index (κ1) is 25.6. The molecule has 0 aliphatic carbocycles. The molecule has 0 spiro atoms. The lowest BCUT2D eigenvalue weighted by Gasteiger charge is -2.25. The average Bonchev–Trinajstić information content (AvgIpc) is 2.76. The molecule has 3 nitrogen and oxygen atoms in total. The van der Waals surface area contributed by atoms with Gasteiger partial charge in [0, 0.05) is 34.5 Å². The largest absolute Gasteiger partial charge is 0.416 e. The Morgan fingerprint density at radius 2 is 1.50 bits per heavy atom. The first-order valence-electron chi connectivity index (χ1n) is 10.1. The number of carbonyl (C=O) groups excluding carboxylic acids is 1. The fraction of sp³-hybridized carbons (Fsp3) is 0.250. The van der Waals surface area contributed by atoms with Gasteiger partial charge in [-0.1, -0.05) is 43.6 Å². The molecule has 1 unspecified atom stereocenters. The quantitative estimate of drug-likeness (QED) is 0.373. The Labute approximate surface area is 196 Å². The molecule has 0 radical (unpaired) electrons. The van der Waals surface area contributed by atoms with Crippen LogP contribution >= 0.6 is 11.6 Å². The lowest BCUT2D eigenvalue weighted by molar-refractivity contribution is -0.143. The number of alkyl halides is 6. The second-order valence-electron chi connectivity index (χ2n) is 7.88. The van der Waals surface area contributed by atoms with Gasteiger partial charge < -0.3 is 5.32 Å². The van der Waals surface area contributed by atoms with E-state index < -0.39 is 41.3 Å². The van der Waals surface area contributed by atoms with Crippen LogP contribution in [0.1, 0.15) is 42.1 Å². The molecule has 3 aromatic rings. The van der Waals surface area contributed by atoms with Gasteiger partial charge in [-0.2, -0.15) is 26.3 Å². The third kappa shape index (κ3) is 5.70. The van der Waals surface area contributed by atoms with Gasteiger partial charge in [0.05, 0.1) is 17.2 Å². The van der Waals surface area contributed by atoms with Crippen LogP contribution in [0, 0.1) is 5.92 Å². The van der Waals surface area contributed by atoms with Crippen LogP contribution in [-0.4, -0.2) is 10.9 Å². The van der Waals surface area contributed by atoms with E-state index in [1.54, 1.807) is 38.1 Å². The molecule has 0 saturated carbocycles. The second kappa shape index (κ2) is 9.66. The van der Waals surface area contributed by atoms with Crippen molar-refractivity contribution in [3.8, 4) is 11.1 Å². The van der Waals surface area contributed by atoms with Crippen LogP contribution in [0.15, 0.2) is 60.9 Å². The molecule has 10 heteroatoms. The van der Waals surface area contributed by atoms with Gasteiger partial charge in [0.25, 0.3) is 0 Å². The van der Waals surface area contributed by atoms with Crippen molar-refractivity contribution in [1.82, 2.24) is 10.3 Å². The Morgan fingerprint density at radius 1 is 0.912 bits per heavy atom. The molecule has 0 fully saturated rings. The van der Waals surface area contributed by atoms with Crippen molar-refractivity contribution in [2.45, 2.75) is 32.2 Å². The fourth-order valence-corrected chi connectivity index (χ4v) is 3.59. The standard InChI is InChI=1S/C24H19ClF6N2O/c1-13(2)22(34)33-21(14-9-15(23(26,27)28)11-16(10-14)24(29,30)31)18-7-8-32-12-19(18)17-5-3-4-6-20(17)25/h3-13,21H,1-2H3,(H,33,34). The van der Waals surface area contributed by atoms with E-state index in [9.17, 15) is 31.1 Å². The number of pyridine rings is 1. The molecule has 1 N–H and O–H groups in total. The van der Waals surface area contributed by atoms with E-state index in [1.807, 2.05) is 0 Å². The zero-order chi connectivity index (χ0) is 25.3. The number of benzene rings is 2. The average molecular weight is 501 g/mol. The molecule has 0 bridgehead atoms. The van der Waals surface area contributed by atoms with Crippen molar-refractivity contribution < 1.29 is 31.1 Å². The number of hydrogen-bond acceptors (Lipinski definition) is 2. The van der Waals surface area contributed by atoms with E-state index >= 15 is 0 Å². The van der Waals surface area contributed by atoms with Gasteiger partial charge in [-0.15, -0.1) is 0 Å². The third-order valence-electron chi connectivity index (χ3n) is 5.08. The first-order chi connectivity index (χ1) is 15.8. The Morgan fingerprint density at radius 3 is 2.03 bits per heavy atom. The topological polar surface area (TPSA) is 42.0 Å². The Balaban J connectivity index is 2.30. The van der Waals surface area contributed by atoms with Crippen LogP contribution in [0.3, 0.4) is 0 Å². The van der Waals surface area contributed by atoms with Crippen molar-refractivity contribution in [3.63, 3.8) is 0 Å². The van der Waals surface area contributed by atoms with Crippen molar-refractivity contribution in [3.05, 3.63) is 88.2 Å². The van der Waals surface area contributed by atoms with Crippen LogP contribution in [0.4, 0.5) is 26.3 Å². The molecular weight excluding hydrogens is 482 g/mol. The summed E-state index contributed by atoms with van der Waals surface area (Å²) in [6.07, 6.45) is -7.34. The van der Waals surface area contributed by atoms with Gasteiger partial charge in [-0.05, 0) is 41.5 Å². The van der Waals surface area contributed by atoms with E-state index in [2.05, 4.69) is 10.3 Å². The van der Waals surface area contributed by atoms with E-state index in [0.717, 1.165) is 0 Å². The molecule has 1 amide bonds. The van der Waals surface area contributed by atoms with Crippen molar-refractivity contribution in [2.75, 3.05) is 0 Å². The molecule has 1 heterocycles. The van der Waals surface area contributed by atoms with Gasteiger partial charge in [0.1, 0.15) is 0 Å².